The number of piperazine rings is 1. The first kappa shape index (κ1) is 25.3. The van der Waals surface area contributed by atoms with E-state index in [1.54, 1.807) is 6.20 Å². The number of nitrogens with zero attached hydrogens (tertiary/aromatic N) is 4. The number of carbonyl (C=O) groups excluding carboxylic acids is 1. The zero-order valence-corrected chi connectivity index (χ0v) is 21.0. The summed E-state index contributed by atoms with van der Waals surface area (Å²) in [6.07, 6.45) is 2.63. The van der Waals surface area contributed by atoms with Gasteiger partial charge in [-0.25, -0.2) is 4.98 Å². The standard InChI is InChI=1S/C28H29F2N7O/c1-3-24(38)32-21-7-5-6-19(18-21)28(29,30)25-23-12-13-31-26(23)35-27(34-25)33-20-8-10-22(11-9-20)37-16-14-36(4-2)15-17-37/h3,5-13,18H,1,4,14-17H2,2H3,(H,32,38)(H2,31,33,34,35). The highest BCUT2D eigenvalue weighted by molar-refractivity contribution is 5.98. The van der Waals surface area contributed by atoms with Crippen LogP contribution in [0.5, 0.6) is 0 Å². The highest BCUT2D eigenvalue weighted by Gasteiger charge is 2.38. The molecule has 3 heterocycles. The van der Waals surface area contributed by atoms with E-state index in [1.165, 1.54) is 30.3 Å². The second-order valence-electron chi connectivity index (χ2n) is 9.08. The molecule has 0 spiro atoms. The number of carbonyl (C=O) groups is 1. The van der Waals surface area contributed by atoms with Gasteiger partial charge in [0.05, 0.1) is 0 Å². The molecule has 2 aromatic heterocycles. The summed E-state index contributed by atoms with van der Waals surface area (Å²) >= 11 is 0. The fraction of sp³-hybridized carbons (Fsp3) is 0.250. The van der Waals surface area contributed by atoms with Gasteiger partial charge in [0.2, 0.25) is 11.9 Å². The number of amides is 1. The molecular formula is C28H29F2N7O. The molecule has 1 saturated heterocycles. The summed E-state index contributed by atoms with van der Waals surface area (Å²) in [6, 6.07) is 14.9. The number of H-pyrrole nitrogens is 1. The van der Waals surface area contributed by atoms with E-state index in [4.69, 9.17) is 0 Å². The average molecular weight is 518 g/mol. The van der Waals surface area contributed by atoms with Gasteiger partial charge in [-0.05, 0) is 55.1 Å². The molecule has 1 fully saturated rings. The Hall–Kier alpha value is -4.31. The number of fused-ring (bicyclic) bond motifs is 1. The number of aromatic amines is 1. The smallest absolute Gasteiger partial charge is 0.315 e. The predicted molar refractivity (Wildman–Crippen MR) is 146 cm³/mol. The minimum absolute atomic E-state index is 0.0510. The van der Waals surface area contributed by atoms with Crippen LogP contribution in [-0.4, -0.2) is 58.5 Å². The zero-order valence-electron chi connectivity index (χ0n) is 21.0. The van der Waals surface area contributed by atoms with Gasteiger partial charge in [0, 0.05) is 60.4 Å². The molecule has 0 bridgehead atoms. The Labute approximate surface area is 219 Å². The Morgan fingerprint density at radius 1 is 1.08 bits per heavy atom. The van der Waals surface area contributed by atoms with Crippen LogP contribution in [-0.2, 0) is 10.7 Å². The van der Waals surface area contributed by atoms with Gasteiger partial charge in [0.15, 0.2) is 0 Å². The van der Waals surface area contributed by atoms with Crippen LogP contribution in [0.1, 0.15) is 18.2 Å². The molecule has 5 rings (SSSR count). The van der Waals surface area contributed by atoms with Crippen LogP contribution >= 0.6 is 0 Å². The van der Waals surface area contributed by atoms with E-state index in [2.05, 4.69) is 48.9 Å². The van der Waals surface area contributed by atoms with Crippen LogP contribution in [0.4, 0.5) is 31.8 Å². The minimum atomic E-state index is -3.46. The molecule has 0 atom stereocenters. The van der Waals surface area contributed by atoms with Gasteiger partial charge >= 0.3 is 5.92 Å². The second-order valence-corrected chi connectivity index (χ2v) is 9.08. The van der Waals surface area contributed by atoms with Crippen LogP contribution in [0, 0.1) is 0 Å². The lowest BCUT2D eigenvalue weighted by molar-refractivity contribution is -0.111. The summed E-state index contributed by atoms with van der Waals surface area (Å²) in [5, 5.41) is 5.80. The number of alkyl halides is 2. The van der Waals surface area contributed by atoms with Crippen molar-refractivity contribution in [3.05, 3.63) is 84.7 Å². The van der Waals surface area contributed by atoms with Gasteiger partial charge in [-0.1, -0.05) is 25.6 Å². The maximum atomic E-state index is 15.9. The number of likely N-dealkylation sites (N-methyl/N-ethyl adjacent to an activating group) is 1. The van der Waals surface area contributed by atoms with Crippen molar-refractivity contribution >= 4 is 40.0 Å². The predicted octanol–water partition coefficient (Wildman–Crippen LogP) is 5.11. The zero-order chi connectivity index (χ0) is 26.7. The maximum absolute atomic E-state index is 15.9. The first-order chi connectivity index (χ1) is 18.4. The van der Waals surface area contributed by atoms with Crippen LogP contribution in [0.25, 0.3) is 11.0 Å². The molecule has 38 heavy (non-hydrogen) atoms. The molecule has 0 radical (unpaired) electrons. The average Bonchev–Trinajstić information content (AvgIpc) is 3.42. The summed E-state index contributed by atoms with van der Waals surface area (Å²) < 4.78 is 31.7. The molecule has 0 saturated carbocycles. The van der Waals surface area contributed by atoms with Crippen molar-refractivity contribution in [2.75, 3.05) is 48.3 Å². The number of anilines is 4. The van der Waals surface area contributed by atoms with E-state index in [-0.39, 0.29) is 22.6 Å². The van der Waals surface area contributed by atoms with E-state index < -0.39 is 17.5 Å². The number of benzene rings is 2. The van der Waals surface area contributed by atoms with Gasteiger partial charge in [-0.15, -0.1) is 0 Å². The summed E-state index contributed by atoms with van der Waals surface area (Å²) in [5.41, 5.74) is 1.58. The molecular weight excluding hydrogens is 488 g/mol. The van der Waals surface area contributed by atoms with Crippen molar-refractivity contribution < 1.29 is 13.6 Å². The van der Waals surface area contributed by atoms with Crippen LogP contribution in [0.15, 0.2) is 73.4 Å². The quantitative estimate of drug-likeness (QED) is 0.282. The summed E-state index contributed by atoms with van der Waals surface area (Å²) in [6.45, 7) is 10.6. The van der Waals surface area contributed by atoms with Crippen molar-refractivity contribution in [3.8, 4) is 0 Å². The first-order valence-electron chi connectivity index (χ1n) is 12.5. The van der Waals surface area contributed by atoms with Crippen LogP contribution in [0.3, 0.4) is 0 Å². The highest BCUT2D eigenvalue weighted by Crippen LogP contribution is 2.39. The SMILES string of the molecule is C=CC(=O)Nc1cccc(C(F)(F)c2nc(Nc3ccc(N4CCN(CC)CC4)cc3)nc3[nH]ccc23)c1. The topological polar surface area (TPSA) is 89.2 Å². The molecule has 8 nitrogen and oxygen atoms in total. The number of hydrogen-bond acceptors (Lipinski definition) is 6. The molecule has 10 heteroatoms. The van der Waals surface area contributed by atoms with Crippen molar-refractivity contribution in [1.82, 2.24) is 19.9 Å². The van der Waals surface area contributed by atoms with E-state index >= 15 is 8.78 Å². The third kappa shape index (κ3) is 5.21. The molecule has 0 unspecified atom stereocenters. The number of halogens is 2. The summed E-state index contributed by atoms with van der Waals surface area (Å²) in [5.74, 6) is -3.89. The van der Waals surface area contributed by atoms with E-state index in [9.17, 15) is 4.79 Å². The molecule has 1 amide bonds. The van der Waals surface area contributed by atoms with Gasteiger partial charge in [-0.3, -0.25) is 4.79 Å². The van der Waals surface area contributed by atoms with Gasteiger partial charge < -0.3 is 25.4 Å². The lowest BCUT2D eigenvalue weighted by Gasteiger charge is -2.35. The number of nitrogens with one attached hydrogen (secondary N) is 3. The van der Waals surface area contributed by atoms with Crippen LogP contribution in [0.2, 0.25) is 0 Å². The monoisotopic (exact) mass is 517 g/mol. The van der Waals surface area contributed by atoms with Crippen molar-refractivity contribution in [1.29, 1.82) is 0 Å². The molecule has 196 valence electrons. The van der Waals surface area contributed by atoms with Crippen molar-refractivity contribution in [2.24, 2.45) is 0 Å². The van der Waals surface area contributed by atoms with Gasteiger partial charge in [-0.2, -0.15) is 13.8 Å². The lowest BCUT2D eigenvalue weighted by atomic mass is 10.0. The summed E-state index contributed by atoms with van der Waals surface area (Å²) in [7, 11) is 0. The van der Waals surface area contributed by atoms with Crippen molar-refractivity contribution in [2.45, 2.75) is 12.8 Å². The molecule has 1 aliphatic rings. The highest BCUT2D eigenvalue weighted by atomic mass is 19.3. The maximum Gasteiger partial charge on any atom is 0.315 e. The third-order valence-electron chi connectivity index (χ3n) is 6.70. The summed E-state index contributed by atoms with van der Waals surface area (Å²) in [4.78, 5) is 28.0. The first-order valence-corrected chi connectivity index (χ1v) is 12.5. The van der Waals surface area contributed by atoms with Crippen LogP contribution < -0.4 is 15.5 Å². The van der Waals surface area contributed by atoms with E-state index in [0.717, 1.165) is 44.5 Å². The molecule has 0 aliphatic carbocycles. The molecule has 2 aromatic carbocycles. The fourth-order valence-corrected chi connectivity index (χ4v) is 4.57. The lowest BCUT2D eigenvalue weighted by Crippen LogP contribution is -2.46. The Morgan fingerprint density at radius 3 is 2.55 bits per heavy atom. The van der Waals surface area contributed by atoms with Gasteiger partial charge in [0.25, 0.3) is 0 Å². The van der Waals surface area contributed by atoms with Crippen molar-refractivity contribution in [3.63, 3.8) is 0 Å². The minimum Gasteiger partial charge on any atom is -0.369 e. The Kier molecular flexibility index (Phi) is 7.06. The Balaban J connectivity index is 1.40. The van der Waals surface area contributed by atoms with Gasteiger partial charge in [0.1, 0.15) is 11.3 Å². The van der Waals surface area contributed by atoms with E-state index in [1.807, 2.05) is 24.3 Å². The number of hydrogen-bond donors (Lipinski definition) is 3. The second kappa shape index (κ2) is 10.6. The molecule has 4 aromatic rings. The van der Waals surface area contributed by atoms with E-state index in [0.29, 0.717) is 11.3 Å². The Morgan fingerprint density at radius 2 is 1.84 bits per heavy atom. The normalized spacial score (nSPS) is 14.4. The number of rotatable bonds is 8. The fourth-order valence-electron chi connectivity index (χ4n) is 4.57. The molecule has 1 aliphatic heterocycles. The molecule has 3 N–H and O–H groups in total. The Bertz CT molecular complexity index is 1440. The number of aromatic nitrogens is 3. The largest absolute Gasteiger partial charge is 0.369 e. The third-order valence-corrected chi connectivity index (χ3v) is 6.70.